The molecule has 0 aliphatic rings. The van der Waals surface area contributed by atoms with Crippen LogP contribution < -0.4 is 4.90 Å². The highest BCUT2D eigenvalue weighted by Crippen LogP contribution is 2.18. The average molecular weight is 246 g/mol. The number of anilines is 1. The standard InChI is InChI=1S/C14H18N2O2/c1-11-5-4-6-14(9-11)16(12(2)10-15)7-8-18-13(3)17/h4-6,9,12H,7-8H2,1-3H3. The molecule has 4 heteroatoms. The molecule has 0 aliphatic carbocycles. The molecule has 1 unspecified atom stereocenters. The predicted molar refractivity (Wildman–Crippen MR) is 70.2 cm³/mol. The predicted octanol–water partition coefficient (Wildman–Crippen LogP) is 2.28. The van der Waals surface area contributed by atoms with Gasteiger partial charge in [0.05, 0.1) is 12.6 Å². The van der Waals surface area contributed by atoms with Gasteiger partial charge in [0, 0.05) is 12.6 Å². The van der Waals surface area contributed by atoms with Crippen molar-refractivity contribution >= 4 is 11.7 Å². The molecule has 1 aromatic rings. The van der Waals surface area contributed by atoms with Gasteiger partial charge in [0.1, 0.15) is 12.6 Å². The Morgan fingerprint density at radius 1 is 1.56 bits per heavy atom. The lowest BCUT2D eigenvalue weighted by atomic mass is 10.2. The lowest BCUT2D eigenvalue weighted by Gasteiger charge is -2.27. The van der Waals surface area contributed by atoms with Crippen molar-refractivity contribution in [3.8, 4) is 6.07 Å². The van der Waals surface area contributed by atoms with Gasteiger partial charge in [0.15, 0.2) is 0 Å². The maximum Gasteiger partial charge on any atom is 0.302 e. The molecule has 0 aromatic heterocycles. The number of carbonyl (C=O) groups excluding carboxylic acids is 1. The second kappa shape index (κ2) is 6.65. The van der Waals surface area contributed by atoms with E-state index in [1.54, 1.807) is 0 Å². The van der Waals surface area contributed by atoms with Crippen molar-refractivity contribution in [2.24, 2.45) is 0 Å². The van der Waals surface area contributed by atoms with Crippen LogP contribution in [0.4, 0.5) is 5.69 Å². The number of nitriles is 1. The summed E-state index contributed by atoms with van der Waals surface area (Å²) in [6.07, 6.45) is 0. The number of benzene rings is 1. The molecule has 0 N–H and O–H groups in total. The molecule has 0 amide bonds. The lowest BCUT2D eigenvalue weighted by Crippen LogP contribution is -2.35. The summed E-state index contributed by atoms with van der Waals surface area (Å²) in [6, 6.07) is 9.87. The molecule has 0 radical (unpaired) electrons. The number of nitrogens with zero attached hydrogens (tertiary/aromatic N) is 2. The molecule has 1 rings (SSSR count). The van der Waals surface area contributed by atoms with E-state index in [1.807, 2.05) is 43.0 Å². The van der Waals surface area contributed by atoms with Gasteiger partial charge in [-0.15, -0.1) is 0 Å². The van der Waals surface area contributed by atoms with Crippen molar-refractivity contribution < 1.29 is 9.53 Å². The molecule has 18 heavy (non-hydrogen) atoms. The van der Waals surface area contributed by atoms with E-state index in [0.717, 1.165) is 11.3 Å². The maximum absolute atomic E-state index is 10.7. The molecule has 96 valence electrons. The minimum Gasteiger partial charge on any atom is -0.464 e. The van der Waals surface area contributed by atoms with Gasteiger partial charge in [-0.25, -0.2) is 0 Å². The van der Waals surface area contributed by atoms with Gasteiger partial charge in [0.25, 0.3) is 0 Å². The minimum atomic E-state index is -0.302. The Bertz CT molecular complexity index is 451. The van der Waals surface area contributed by atoms with Crippen LogP contribution in [0.15, 0.2) is 24.3 Å². The van der Waals surface area contributed by atoms with Gasteiger partial charge in [0.2, 0.25) is 0 Å². The number of esters is 1. The number of hydrogen-bond donors (Lipinski definition) is 0. The Labute approximate surface area is 108 Å². The highest BCUT2D eigenvalue weighted by atomic mass is 16.5. The van der Waals surface area contributed by atoms with Crippen LogP contribution in [-0.2, 0) is 9.53 Å². The van der Waals surface area contributed by atoms with Crippen LogP contribution in [0.25, 0.3) is 0 Å². The van der Waals surface area contributed by atoms with Crippen molar-refractivity contribution in [3.63, 3.8) is 0 Å². The molecule has 0 saturated carbocycles. The van der Waals surface area contributed by atoms with E-state index < -0.39 is 0 Å². The topological polar surface area (TPSA) is 53.3 Å². The van der Waals surface area contributed by atoms with Crippen LogP contribution in [0.2, 0.25) is 0 Å². The van der Waals surface area contributed by atoms with Crippen LogP contribution in [0.5, 0.6) is 0 Å². The first-order chi connectivity index (χ1) is 8.54. The fourth-order valence-corrected chi connectivity index (χ4v) is 1.71. The number of hydrogen-bond acceptors (Lipinski definition) is 4. The van der Waals surface area contributed by atoms with Gasteiger partial charge < -0.3 is 9.64 Å². The van der Waals surface area contributed by atoms with E-state index in [1.165, 1.54) is 6.92 Å². The minimum absolute atomic E-state index is 0.262. The van der Waals surface area contributed by atoms with Gasteiger partial charge in [-0.2, -0.15) is 5.26 Å². The fourth-order valence-electron chi connectivity index (χ4n) is 1.71. The molecule has 4 nitrogen and oxygen atoms in total. The van der Waals surface area contributed by atoms with Crippen molar-refractivity contribution in [1.82, 2.24) is 0 Å². The van der Waals surface area contributed by atoms with Crippen LogP contribution in [-0.4, -0.2) is 25.2 Å². The molecule has 1 aromatic carbocycles. The fraction of sp³-hybridized carbons (Fsp3) is 0.429. The Kier molecular flexibility index (Phi) is 5.19. The quantitative estimate of drug-likeness (QED) is 0.748. The lowest BCUT2D eigenvalue weighted by molar-refractivity contribution is -0.140. The average Bonchev–Trinajstić information content (AvgIpc) is 2.33. The van der Waals surface area contributed by atoms with Crippen molar-refractivity contribution in [3.05, 3.63) is 29.8 Å². The normalized spacial score (nSPS) is 11.4. The molecule has 0 spiro atoms. The Morgan fingerprint density at radius 3 is 2.83 bits per heavy atom. The van der Waals surface area contributed by atoms with Crippen LogP contribution in [0.1, 0.15) is 19.4 Å². The number of carbonyl (C=O) groups is 1. The number of ether oxygens (including phenoxy) is 1. The Morgan fingerprint density at radius 2 is 2.28 bits per heavy atom. The van der Waals surface area contributed by atoms with E-state index >= 15 is 0 Å². The zero-order valence-corrected chi connectivity index (χ0v) is 11.0. The summed E-state index contributed by atoms with van der Waals surface area (Å²) in [4.78, 5) is 12.7. The zero-order chi connectivity index (χ0) is 13.5. The molecule has 0 aliphatic heterocycles. The van der Waals surface area contributed by atoms with Crippen molar-refractivity contribution in [2.45, 2.75) is 26.8 Å². The third-order valence-corrected chi connectivity index (χ3v) is 2.63. The van der Waals surface area contributed by atoms with Gasteiger partial charge in [-0.1, -0.05) is 12.1 Å². The highest BCUT2D eigenvalue weighted by molar-refractivity contribution is 5.66. The molecular formula is C14H18N2O2. The zero-order valence-electron chi connectivity index (χ0n) is 11.0. The molecule has 0 fully saturated rings. The van der Waals surface area contributed by atoms with Crippen molar-refractivity contribution in [1.29, 1.82) is 5.26 Å². The third-order valence-electron chi connectivity index (χ3n) is 2.63. The van der Waals surface area contributed by atoms with E-state index in [-0.39, 0.29) is 18.6 Å². The van der Waals surface area contributed by atoms with E-state index in [2.05, 4.69) is 6.07 Å². The maximum atomic E-state index is 10.7. The third kappa shape index (κ3) is 4.10. The molecule has 0 saturated heterocycles. The summed E-state index contributed by atoms with van der Waals surface area (Å²) in [6.45, 7) is 6.01. The SMILES string of the molecule is CC(=O)OCCN(c1cccc(C)c1)C(C)C#N. The Hall–Kier alpha value is -2.02. The molecule has 0 bridgehead atoms. The van der Waals surface area contributed by atoms with E-state index in [9.17, 15) is 4.79 Å². The summed E-state index contributed by atoms with van der Waals surface area (Å²) in [7, 11) is 0. The van der Waals surface area contributed by atoms with Crippen molar-refractivity contribution in [2.75, 3.05) is 18.1 Å². The van der Waals surface area contributed by atoms with Gasteiger partial charge in [-0.3, -0.25) is 4.79 Å². The monoisotopic (exact) mass is 246 g/mol. The van der Waals surface area contributed by atoms with Crippen LogP contribution in [0.3, 0.4) is 0 Å². The number of aryl methyl sites for hydroxylation is 1. The summed E-state index contributed by atoms with van der Waals surface area (Å²) >= 11 is 0. The van der Waals surface area contributed by atoms with Gasteiger partial charge in [-0.05, 0) is 31.5 Å². The second-order valence-corrected chi connectivity index (χ2v) is 4.18. The second-order valence-electron chi connectivity index (χ2n) is 4.18. The first kappa shape index (κ1) is 14.0. The van der Waals surface area contributed by atoms with E-state index in [4.69, 9.17) is 10.00 Å². The van der Waals surface area contributed by atoms with E-state index in [0.29, 0.717) is 6.54 Å². The Balaban J connectivity index is 2.79. The summed E-state index contributed by atoms with van der Waals surface area (Å²) in [5.41, 5.74) is 2.10. The summed E-state index contributed by atoms with van der Waals surface area (Å²) < 4.78 is 4.93. The molecular weight excluding hydrogens is 228 g/mol. The smallest absolute Gasteiger partial charge is 0.302 e. The van der Waals surface area contributed by atoms with Crippen LogP contribution >= 0.6 is 0 Å². The summed E-state index contributed by atoms with van der Waals surface area (Å²) in [5.74, 6) is -0.302. The molecule has 1 atom stereocenters. The highest BCUT2D eigenvalue weighted by Gasteiger charge is 2.14. The first-order valence-corrected chi connectivity index (χ1v) is 5.91. The number of rotatable bonds is 5. The largest absolute Gasteiger partial charge is 0.464 e. The molecule has 0 heterocycles. The summed E-state index contributed by atoms with van der Waals surface area (Å²) in [5, 5.41) is 9.04. The van der Waals surface area contributed by atoms with Gasteiger partial charge >= 0.3 is 5.97 Å². The first-order valence-electron chi connectivity index (χ1n) is 5.91. The van der Waals surface area contributed by atoms with Crippen LogP contribution in [0, 0.1) is 18.3 Å².